The van der Waals surface area contributed by atoms with E-state index in [0.29, 0.717) is 24.5 Å². The number of fused-ring (bicyclic) bond motifs is 1. The third-order valence-electron chi connectivity index (χ3n) is 6.69. The summed E-state index contributed by atoms with van der Waals surface area (Å²) in [5.74, 6) is -1.08. The van der Waals surface area contributed by atoms with Gasteiger partial charge in [0.25, 0.3) is 0 Å². The Morgan fingerprint density at radius 3 is 2.87 bits per heavy atom. The quantitative estimate of drug-likeness (QED) is 0.288. The average Bonchev–Trinajstić information content (AvgIpc) is 3.57. The Bertz CT molecular complexity index is 1350. The van der Waals surface area contributed by atoms with Crippen molar-refractivity contribution >= 4 is 23.2 Å². The van der Waals surface area contributed by atoms with E-state index in [9.17, 15) is 14.7 Å². The number of carbonyl (C=O) groups is 2. The highest BCUT2D eigenvalue weighted by Gasteiger charge is 2.54. The number of rotatable bonds is 9. The number of nitrogens with one attached hydrogen (secondary N) is 2. The van der Waals surface area contributed by atoms with Crippen LogP contribution in [-0.2, 0) is 20.8 Å². The molecule has 1 aliphatic heterocycles. The van der Waals surface area contributed by atoms with Gasteiger partial charge in [-0.15, -0.1) is 0 Å². The second kappa shape index (κ2) is 10.4. The number of ether oxygens (including phenoxy) is 2. The Balaban J connectivity index is 1.31. The molecule has 1 aliphatic carbocycles. The second-order valence-corrected chi connectivity index (χ2v) is 9.90. The zero-order valence-electron chi connectivity index (χ0n) is 21.2. The molecule has 4 atom stereocenters. The van der Waals surface area contributed by atoms with Crippen LogP contribution >= 0.6 is 0 Å². The molecule has 2 aliphatic rings. The van der Waals surface area contributed by atoms with Gasteiger partial charge in [0.05, 0.1) is 24.3 Å². The van der Waals surface area contributed by atoms with Gasteiger partial charge in [0.1, 0.15) is 23.9 Å². The van der Waals surface area contributed by atoms with E-state index in [1.807, 2.05) is 32.0 Å². The third-order valence-corrected chi connectivity index (χ3v) is 6.69. The molecule has 5 rings (SSSR count). The topological polar surface area (TPSA) is 140 Å². The second-order valence-electron chi connectivity index (χ2n) is 9.90. The van der Waals surface area contributed by atoms with Crippen LogP contribution in [0.3, 0.4) is 0 Å². The molecule has 1 saturated carbocycles. The van der Waals surface area contributed by atoms with E-state index < -0.39 is 5.79 Å². The first-order chi connectivity index (χ1) is 18.3. The van der Waals surface area contributed by atoms with Gasteiger partial charge in [-0.2, -0.15) is 5.10 Å². The SMILES string of the molecule is C=CC(=O)Nc1cccc(Cn2ccc(C(=O)c3cncnc3N[C@@H]3C[C@H](CO)[C@H]4OC(C)(C)O[C@H]43)n2)c1. The fraction of sp³-hybridized carbons (Fsp3) is 0.370. The molecule has 38 heavy (non-hydrogen) atoms. The van der Waals surface area contributed by atoms with Crippen molar-refractivity contribution in [2.75, 3.05) is 17.2 Å². The van der Waals surface area contributed by atoms with Crippen molar-refractivity contribution in [3.8, 4) is 0 Å². The number of amides is 1. The monoisotopic (exact) mass is 518 g/mol. The van der Waals surface area contributed by atoms with Crippen LogP contribution in [0.5, 0.6) is 0 Å². The van der Waals surface area contributed by atoms with Crippen molar-refractivity contribution in [1.29, 1.82) is 0 Å². The Labute approximate surface area is 219 Å². The molecule has 11 nitrogen and oxygen atoms in total. The molecule has 1 amide bonds. The summed E-state index contributed by atoms with van der Waals surface area (Å²) in [5.41, 5.74) is 2.08. The van der Waals surface area contributed by atoms with Crippen molar-refractivity contribution in [3.05, 3.63) is 78.5 Å². The molecule has 0 unspecified atom stereocenters. The number of aromatic nitrogens is 4. The lowest BCUT2D eigenvalue weighted by Gasteiger charge is -2.24. The summed E-state index contributed by atoms with van der Waals surface area (Å²) >= 11 is 0. The summed E-state index contributed by atoms with van der Waals surface area (Å²) < 4.78 is 13.8. The van der Waals surface area contributed by atoms with Gasteiger partial charge in [0.15, 0.2) is 5.79 Å². The molecular weight excluding hydrogens is 488 g/mol. The first-order valence-electron chi connectivity index (χ1n) is 12.4. The molecule has 11 heteroatoms. The first kappa shape index (κ1) is 25.7. The van der Waals surface area contributed by atoms with Crippen LogP contribution in [-0.4, -0.2) is 67.2 Å². The Morgan fingerprint density at radius 2 is 2.08 bits per heavy atom. The predicted octanol–water partition coefficient (Wildman–Crippen LogP) is 2.39. The van der Waals surface area contributed by atoms with E-state index in [-0.39, 0.29) is 53.7 Å². The van der Waals surface area contributed by atoms with Crippen LogP contribution in [0.1, 0.15) is 41.9 Å². The van der Waals surface area contributed by atoms with Gasteiger partial charge in [0.2, 0.25) is 11.7 Å². The van der Waals surface area contributed by atoms with E-state index in [2.05, 4.69) is 32.3 Å². The van der Waals surface area contributed by atoms with E-state index in [4.69, 9.17) is 9.47 Å². The zero-order valence-corrected chi connectivity index (χ0v) is 21.2. The van der Waals surface area contributed by atoms with Crippen molar-refractivity contribution in [3.63, 3.8) is 0 Å². The highest BCUT2D eigenvalue weighted by molar-refractivity contribution is 6.10. The maximum Gasteiger partial charge on any atom is 0.247 e. The summed E-state index contributed by atoms with van der Waals surface area (Å²) in [5, 5.41) is 20.4. The minimum absolute atomic E-state index is 0.0185. The average molecular weight is 519 g/mol. The predicted molar refractivity (Wildman–Crippen MR) is 138 cm³/mol. The van der Waals surface area contributed by atoms with E-state index in [1.54, 1.807) is 23.0 Å². The van der Waals surface area contributed by atoms with Gasteiger partial charge in [-0.3, -0.25) is 14.3 Å². The fourth-order valence-corrected chi connectivity index (χ4v) is 5.03. The molecule has 1 saturated heterocycles. The maximum absolute atomic E-state index is 13.4. The smallest absolute Gasteiger partial charge is 0.247 e. The van der Waals surface area contributed by atoms with Crippen LogP contribution in [0.25, 0.3) is 0 Å². The highest BCUT2D eigenvalue weighted by Crippen LogP contribution is 2.42. The van der Waals surface area contributed by atoms with E-state index in [1.165, 1.54) is 18.6 Å². The number of hydrogen-bond donors (Lipinski definition) is 3. The maximum atomic E-state index is 13.4. The Hall–Kier alpha value is -3.93. The number of carbonyl (C=O) groups excluding carboxylic acids is 2. The van der Waals surface area contributed by atoms with Gasteiger partial charge in [-0.1, -0.05) is 18.7 Å². The van der Waals surface area contributed by atoms with Gasteiger partial charge in [-0.05, 0) is 50.1 Å². The molecule has 2 fully saturated rings. The van der Waals surface area contributed by atoms with Crippen LogP contribution in [0.15, 0.2) is 61.7 Å². The Morgan fingerprint density at radius 1 is 1.26 bits per heavy atom. The van der Waals surface area contributed by atoms with Crippen molar-refractivity contribution in [1.82, 2.24) is 19.7 Å². The molecule has 198 valence electrons. The Kier molecular flexibility index (Phi) is 7.06. The summed E-state index contributed by atoms with van der Waals surface area (Å²) in [6.07, 6.45) is 5.86. The largest absolute Gasteiger partial charge is 0.396 e. The number of aliphatic hydroxyl groups excluding tert-OH is 1. The standard InChI is InChI=1S/C27H30N6O5/c1-4-22(35)30-18-7-5-6-16(10-18)13-33-9-8-20(32-33)23(36)19-12-28-15-29-26(19)31-21-11-17(14-34)24-25(21)38-27(2,3)37-24/h4-10,12,15,17,21,24-25,34H,1,11,13-14H2,2-3H3,(H,30,35)(H,28,29,31)/t17-,21-,24-,25+/m1/s1. The summed E-state index contributed by atoms with van der Waals surface area (Å²) in [6.45, 7) is 7.54. The lowest BCUT2D eigenvalue weighted by Crippen LogP contribution is -2.35. The number of ketones is 1. The fourth-order valence-electron chi connectivity index (χ4n) is 5.03. The zero-order chi connectivity index (χ0) is 26.9. The minimum atomic E-state index is -0.753. The summed E-state index contributed by atoms with van der Waals surface area (Å²) in [4.78, 5) is 33.4. The lowest BCUT2D eigenvalue weighted by molar-refractivity contribution is -0.158. The number of benzene rings is 1. The highest BCUT2D eigenvalue weighted by atomic mass is 16.8. The number of nitrogens with zero attached hydrogens (tertiary/aromatic N) is 4. The third kappa shape index (κ3) is 5.35. The molecule has 2 aromatic heterocycles. The molecule has 3 N–H and O–H groups in total. The molecule has 0 bridgehead atoms. The minimum Gasteiger partial charge on any atom is -0.396 e. The molecular formula is C27H30N6O5. The van der Waals surface area contributed by atoms with E-state index in [0.717, 1.165) is 5.56 Å². The van der Waals surface area contributed by atoms with Gasteiger partial charge >= 0.3 is 0 Å². The van der Waals surface area contributed by atoms with Crippen LogP contribution in [0, 0.1) is 5.92 Å². The molecule has 0 radical (unpaired) electrons. The summed E-state index contributed by atoms with van der Waals surface area (Å²) in [6, 6.07) is 8.80. The van der Waals surface area contributed by atoms with E-state index >= 15 is 0 Å². The normalized spacial score (nSPS) is 23.6. The molecule has 3 heterocycles. The first-order valence-corrected chi connectivity index (χ1v) is 12.4. The molecule has 3 aromatic rings. The number of aliphatic hydroxyl groups is 1. The van der Waals surface area contributed by atoms with Gasteiger partial charge < -0.3 is 25.2 Å². The van der Waals surface area contributed by atoms with Crippen LogP contribution < -0.4 is 10.6 Å². The summed E-state index contributed by atoms with van der Waals surface area (Å²) in [7, 11) is 0. The van der Waals surface area contributed by atoms with Crippen molar-refractivity contribution < 1.29 is 24.2 Å². The lowest BCUT2D eigenvalue weighted by atomic mass is 10.1. The van der Waals surface area contributed by atoms with Crippen molar-refractivity contribution in [2.45, 2.75) is 50.8 Å². The molecule has 0 spiro atoms. The van der Waals surface area contributed by atoms with Gasteiger partial charge in [0, 0.05) is 30.6 Å². The van der Waals surface area contributed by atoms with Crippen molar-refractivity contribution in [2.24, 2.45) is 5.92 Å². The van der Waals surface area contributed by atoms with Crippen LogP contribution in [0.4, 0.5) is 11.5 Å². The van der Waals surface area contributed by atoms with Crippen LogP contribution in [0.2, 0.25) is 0 Å². The van der Waals surface area contributed by atoms with Gasteiger partial charge in [-0.25, -0.2) is 9.97 Å². The molecule has 1 aromatic carbocycles. The number of anilines is 2. The number of hydrogen-bond acceptors (Lipinski definition) is 9.